The lowest BCUT2D eigenvalue weighted by atomic mass is 10.1. The molecule has 19 heavy (non-hydrogen) atoms. The zero-order valence-electron chi connectivity index (χ0n) is 11.3. The summed E-state index contributed by atoms with van der Waals surface area (Å²) in [6.45, 7) is 2.10. The third kappa shape index (κ3) is 3.72. The second kappa shape index (κ2) is 6.59. The van der Waals surface area contributed by atoms with Gasteiger partial charge < -0.3 is 11.1 Å². The Labute approximate surface area is 118 Å². The molecule has 0 saturated heterocycles. The Kier molecular flexibility index (Phi) is 4.82. The van der Waals surface area contributed by atoms with Crippen LogP contribution in [0.2, 0.25) is 0 Å². The molecule has 1 aromatic heterocycles. The number of aryl methyl sites for hydroxylation is 1. The molecule has 0 aliphatic heterocycles. The Balaban J connectivity index is 2.04. The van der Waals surface area contributed by atoms with Crippen LogP contribution in [0.5, 0.6) is 0 Å². The molecule has 2 rings (SSSR count). The van der Waals surface area contributed by atoms with Crippen molar-refractivity contribution in [2.45, 2.75) is 17.9 Å². The van der Waals surface area contributed by atoms with Crippen molar-refractivity contribution in [1.82, 2.24) is 10.3 Å². The molecule has 1 unspecified atom stereocenters. The lowest BCUT2D eigenvalue weighted by Gasteiger charge is -2.17. The van der Waals surface area contributed by atoms with Gasteiger partial charge in [0.1, 0.15) is 0 Å². The van der Waals surface area contributed by atoms with E-state index in [1.807, 2.05) is 31.1 Å². The second-order valence-corrected chi connectivity index (χ2v) is 5.56. The molecule has 0 spiro atoms. The summed E-state index contributed by atoms with van der Waals surface area (Å²) in [5, 5.41) is 3.30. The minimum Gasteiger partial charge on any atom is -0.398 e. The van der Waals surface area contributed by atoms with Gasteiger partial charge in [0.25, 0.3) is 0 Å². The van der Waals surface area contributed by atoms with Crippen LogP contribution in [-0.2, 0) is 0 Å². The first kappa shape index (κ1) is 13.9. The van der Waals surface area contributed by atoms with E-state index >= 15 is 0 Å². The van der Waals surface area contributed by atoms with E-state index in [0.29, 0.717) is 0 Å². The summed E-state index contributed by atoms with van der Waals surface area (Å²) in [4.78, 5) is 5.42. The third-order valence-corrected chi connectivity index (χ3v) is 4.15. The first-order valence-electron chi connectivity index (χ1n) is 6.27. The molecule has 0 fully saturated rings. The van der Waals surface area contributed by atoms with Crippen LogP contribution >= 0.6 is 11.8 Å². The van der Waals surface area contributed by atoms with Crippen molar-refractivity contribution < 1.29 is 0 Å². The van der Waals surface area contributed by atoms with E-state index in [1.54, 1.807) is 6.20 Å². The average Bonchev–Trinajstić information content (AvgIpc) is 2.43. The second-order valence-electron chi connectivity index (χ2n) is 4.47. The zero-order chi connectivity index (χ0) is 13.7. The first-order valence-corrected chi connectivity index (χ1v) is 7.25. The monoisotopic (exact) mass is 273 g/mol. The van der Waals surface area contributed by atoms with Crippen LogP contribution in [0.4, 0.5) is 5.69 Å². The first-order chi connectivity index (χ1) is 9.20. The van der Waals surface area contributed by atoms with Crippen molar-refractivity contribution >= 4 is 17.4 Å². The number of aromatic nitrogens is 1. The van der Waals surface area contributed by atoms with Gasteiger partial charge in [0, 0.05) is 40.3 Å². The molecule has 0 radical (unpaired) electrons. The molecule has 1 aromatic carbocycles. The van der Waals surface area contributed by atoms with E-state index in [9.17, 15) is 0 Å². The number of benzene rings is 1. The van der Waals surface area contributed by atoms with Crippen molar-refractivity contribution in [3.63, 3.8) is 0 Å². The highest BCUT2D eigenvalue weighted by Crippen LogP contribution is 2.27. The number of nitrogens with zero attached hydrogens (tertiary/aromatic N) is 1. The minimum absolute atomic E-state index is 0.208. The maximum absolute atomic E-state index is 6.00. The summed E-state index contributed by atoms with van der Waals surface area (Å²) in [5.41, 5.74) is 9.13. The lowest BCUT2D eigenvalue weighted by Crippen LogP contribution is -2.20. The number of nitrogens with two attached hydrogens (primary N) is 1. The molecule has 4 heteroatoms. The molecule has 0 amide bonds. The quantitative estimate of drug-likeness (QED) is 0.822. The molecule has 100 valence electrons. The Hall–Kier alpha value is -1.52. The molecule has 1 heterocycles. The number of rotatable bonds is 5. The largest absolute Gasteiger partial charge is 0.398 e. The average molecular weight is 273 g/mol. The highest BCUT2D eigenvalue weighted by Gasteiger charge is 2.12. The summed E-state index contributed by atoms with van der Waals surface area (Å²) < 4.78 is 0. The molecular formula is C15H19N3S. The summed E-state index contributed by atoms with van der Waals surface area (Å²) in [6.07, 6.45) is 3.56. The van der Waals surface area contributed by atoms with Crippen LogP contribution in [0, 0.1) is 6.92 Å². The fourth-order valence-corrected chi connectivity index (χ4v) is 2.89. The third-order valence-electron chi connectivity index (χ3n) is 3.05. The van der Waals surface area contributed by atoms with Gasteiger partial charge in [-0.1, -0.05) is 17.7 Å². The predicted octanol–water partition coefficient (Wildman–Crippen LogP) is 3.03. The number of anilines is 1. The molecule has 1 atom stereocenters. The van der Waals surface area contributed by atoms with Crippen LogP contribution in [0.1, 0.15) is 17.2 Å². The zero-order valence-corrected chi connectivity index (χ0v) is 12.1. The van der Waals surface area contributed by atoms with Crippen molar-refractivity contribution in [3.05, 3.63) is 53.9 Å². The van der Waals surface area contributed by atoms with Crippen molar-refractivity contribution in [2.75, 3.05) is 18.5 Å². The Morgan fingerprint density at radius 2 is 2.00 bits per heavy atom. The van der Waals surface area contributed by atoms with E-state index in [-0.39, 0.29) is 6.04 Å². The predicted molar refractivity (Wildman–Crippen MR) is 82.4 cm³/mol. The van der Waals surface area contributed by atoms with E-state index in [0.717, 1.165) is 17.0 Å². The Morgan fingerprint density at radius 1 is 1.26 bits per heavy atom. The normalized spacial score (nSPS) is 12.3. The number of nitrogen functional groups attached to an aromatic ring is 1. The van der Waals surface area contributed by atoms with Gasteiger partial charge in [0.05, 0.1) is 0 Å². The van der Waals surface area contributed by atoms with Gasteiger partial charge in [0.2, 0.25) is 0 Å². The molecule has 0 saturated carbocycles. The van der Waals surface area contributed by atoms with E-state index in [2.05, 4.69) is 41.5 Å². The molecule has 3 nitrogen and oxygen atoms in total. The maximum Gasteiger partial charge on any atom is 0.0448 e. The number of hydrogen-bond donors (Lipinski definition) is 2. The Morgan fingerprint density at radius 3 is 2.63 bits per heavy atom. The fourth-order valence-electron chi connectivity index (χ4n) is 1.85. The fraction of sp³-hybridized carbons (Fsp3) is 0.267. The number of hydrogen-bond acceptors (Lipinski definition) is 4. The summed E-state index contributed by atoms with van der Waals surface area (Å²) in [6, 6.07) is 10.6. The van der Waals surface area contributed by atoms with Gasteiger partial charge >= 0.3 is 0 Å². The summed E-state index contributed by atoms with van der Waals surface area (Å²) in [5.74, 6) is 0.926. The summed E-state index contributed by atoms with van der Waals surface area (Å²) in [7, 11) is 1.95. The molecule has 2 aromatic rings. The minimum atomic E-state index is 0.208. The smallest absolute Gasteiger partial charge is 0.0448 e. The van der Waals surface area contributed by atoms with Gasteiger partial charge in [-0.15, -0.1) is 11.8 Å². The highest BCUT2D eigenvalue weighted by atomic mass is 32.2. The van der Waals surface area contributed by atoms with E-state index < -0.39 is 0 Å². The maximum atomic E-state index is 6.00. The van der Waals surface area contributed by atoms with Crippen molar-refractivity contribution in [2.24, 2.45) is 0 Å². The standard InChI is InChI=1S/C15H19N3S/c1-11-3-5-12(6-4-11)19-10-15(17-2)13-9-18-8-7-14(13)16/h3-9,15,17H,10H2,1-2H3,(H2,16,18). The van der Waals surface area contributed by atoms with E-state index in [4.69, 9.17) is 5.73 Å². The van der Waals surface area contributed by atoms with Gasteiger partial charge in [-0.2, -0.15) is 0 Å². The Bertz CT molecular complexity index is 525. The molecule has 3 N–H and O–H groups in total. The molecule has 0 bridgehead atoms. The van der Waals surface area contributed by atoms with Gasteiger partial charge in [-0.3, -0.25) is 4.98 Å². The van der Waals surface area contributed by atoms with Gasteiger partial charge in [-0.05, 0) is 32.2 Å². The van der Waals surface area contributed by atoms with Crippen LogP contribution in [0.15, 0.2) is 47.6 Å². The van der Waals surface area contributed by atoms with Crippen LogP contribution in [-0.4, -0.2) is 17.8 Å². The SMILES string of the molecule is CNC(CSc1ccc(C)cc1)c1cnccc1N. The van der Waals surface area contributed by atoms with Crippen LogP contribution in [0.25, 0.3) is 0 Å². The van der Waals surface area contributed by atoms with Crippen molar-refractivity contribution in [3.8, 4) is 0 Å². The summed E-state index contributed by atoms with van der Waals surface area (Å²) >= 11 is 1.82. The highest BCUT2D eigenvalue weighted by molar-refractivity contribution is 7.99. The topological polar surface area (TPSA) is 50.9 Å². The van der Waals surface area contributed by atoms with Crippen LogP contribution < -0.4 is 11.1 Å². The molecular weight excluding hydrogens is 254 g/mol. The number of thioether (sulfide) groups is 1. The molecule has 0 aliphatic carbocycles. The van der Waals surface area contributed by atoms with E-state index in [1.165, 1.54) is 10.5 Å². The number of nitrogens with one attached hydrogen (secondary N) is 1. The lowest BCUT2D eigenvalue weighted by molar-refractivity contribution is 0.661. The number of pyridine rings is 1. The van der Waals surface area contributed by atoms with Crippen LogP contribution in [0.3, 0.4) is 0 Å². The van der Waals surface area contributed by atoms with Gasteiger partial charge in [-0.25, -0.2) is 0 Å². The van der Waals surface area contributed by atoms with Gasteiger partial charge in [0.15, 0.2) is 0 Å². The molecule has 0 aliphatic rings. The van der Waals surface area contributed by atoms with Crippen molar-refractivity contribution in [1.29, 1.82) is 0 Å².